The number of rotatable bonds is 3. The molecule has 16 heavy (non-hydrogen) atoms. The van der Waals surface area contributed by atoms with E-state index in [9.17, 15) is 9.18 Å². The molecule has 0 saturated carbocycles. The van der Waals surface area contributed by atoms with Crippen molar-refractivity contribution >= 4 is 47.1 Å². The Morgan fingerprint density at radius 1 is 1.25 bits per heavy atom. The first-order valence-corrected chi connectivity index (χ1v) is 6.97. The third-order valence-corrected chi connectivity index (χ3v) is 4.95. The number of carbonyl (C=O) groups is 1. The van der Waals surface area contributed by atoms with E-state index < -0.39 is 5.82 Å². The van der Waals surface area contributed by atoms with Gasteiger partial charge in [-0.15, -0.1) is 0 Å². The van der Waals surface area contributed by atoms with Gasteiger partial charge in [0.25, 0.3) is 0 Å². The molecule has 0 aliphatic carbocycles. The molecule has 2 aromatic rings. The fourth-order valence-corrected chi connectivity index (χ4v) is 3.80. The zero-order chi connectivity index (χ0) is 11.5. The third-order valence-electron chi connectivity index (χ3n) is 2.01. The van der Waals surface area contributed by atoms with E-state index in [4.69, 9.17) is 0 Å². The summed E-state index contributed by atoms with van der Waals surface area (Å²) in [5.74, 6) is -0.394. The first kappa shape index (κ1) is 11.6. The minimum atomic E-state index is -0.394. The number of hydrogen-bond donors (Lipinski definition) is 0. The summed E-state index contributed by atoms with van der Waals surface area (Å²) in [7, 11) is 0. The average molecular weight is 347 g/mol. The molecule has 1 heterocycles. The van der Waals surface area contributed by atoms with Crippen molar-refractivity contribution in [1.29, 1.82) is 0 Å². The fourth-order valence-electron chi connectivity index (χ4n) is 1.31. The summed E-state index contributed by atoms with van der Waals surface area (Å²) in [6, 6.07) is 9.95. The molecule has 82 valence electrons. The molecule has 0 radical (unpaired) electrons. The van der Waals surface area contributed by atoms with Crippen LogP contribution in [0.3, 0.4) is 0 Å². The van der Waals surface area contributed by atoms with Crippen molar-refractivity contribution in [3.05, 3.63) is 45.6 Å². The maximum absolute atomic E-state index is 13.5. The van der Waals surface area contributed by atoms with Gasteiger partial charge in [0, 0.05) is 0 Å². The first-order chi connectivity index (χ1) is 7.72. The van der Waals surface area contributed by atoms with Crippen LogP contribution >= 0.6 is 15.9 Å². The molecular formula is C11H7BrFNOSe. The van der Waals surface area contributed by atoms with Crippen LogP contribution in [0.5, 0.6) is 0 Å². The van der Waals surface area contributed by atoms with Gasteiger partial charge in [-0.2, -0.15) is 0 Å². The molecule has 1 amide bonds. The molecule has 0 atom stereocenters. The molecule has 2 nitrogen and oxygen atoms in total. The van der Waals surface area contributed by atoms with Crippen LogP contribution in [-0.2, 0) is 4.79 Å². The SMILES string of the molecule is O=CN(c1ccc(Br)[se]1)c1ccccc1F. The molecule has 0 saturated heterocycles. The van der Waals surface area contributed by atoms with Crippen LogP contribution < -0.4 is 4.90 Å². The second-order valence-electron chi connectivity index (χ2n) is 3.00. The van der Waals surface area contributed by atoms with Crippen molar-refractivity contribution in [2.45, 2.75) is 0 Å². The summed E-state index contributed by atoms with van der Waals surface area (Å²) < 4.78 is 15.4. The molecule has 0 aliphatic heterocycles. The van der Waals surface area contributed by atoms with E-state index in [0.29, 0.717) is 12.1 Å². The molecular weight excluding hydrogens is 340 g/mol. The summed E-state index contributed by atoms with van der Waals surface area (Å²) >= 11 is 3.40. The van der Waals surface area contributed by atoms with E-state index in [-0.39, 0.29) is 14.5 Å². The summed E-state index contributed by atoms with van der Waals surface area (Å²) in [6.07, 6.45) is 0.644. The summed E-state index contributed by atoms with van der Waals surface area (Å²) in [6.45, 7) is 0. The minimum absolute atomic E-state index is 0.0309. The van der Waals surface area contributed by atoms with E-state index in [2.05, 4.69) is 15.9 Å². The van der Waals surface area contributed by atoms with Crippen molar-refractivity contribution in [3.8, 4) is 0 Å². The van der Waals surface area contributed by atoms with Crippen LogP contribution in [0, 0.1) is 5.82 Å². The fraction of sp³-hybridized carbons (Fsp3) is 0. The second-order valence-corrected chi connectivity index (χ2v) is 7.27. The Balaban J connectivity index is 2.44. The zero-order valence-corrected chi connectivity index (χ0v) is 11.4. The quantitative estimate of drug-likeness (QED) is 0.618. The molecule has 0 aliphatic rings. The monoisotopic (exact) mass is 347 g/mol. The van der Waals surface area contributed by atoms with Gasteiger partial charge in [0.15, 0.2) is 0 Å². The predicted octanol–water partition coefficient (Wildman–Crippen LogP) is 2.94. The van der Waals surface area contributed by atoms with E-state index in [0.717, 1.165) is 7.91 Å². The Kier molecular flexibility index (Phi) is 3.59. The number of amides is 1. The molecule has 0 unspecified atom stereocenters. The van der Waals surface area contributed by atoms with Gasteiger partial charge in [-0.3, -0.25) is 0 Å². The molecule has 0 spiro atoms. The molecule has 1 aromatic heterocycles. The number of hydrogen-bond acceptors (Lipinski definition) is 1. The van der Waals surface area contributed by atoms with Crippen LogP contribution in [0.25, 0.3) is 0 Å². The molecule has 0 N–H and O–H groups in total. The van der Waals surface area contributed by atoms with Crippen molar-refractivity contribution < 1.29 is 9.18 Å². The Labute approximate surface area is 107 Å². The Morgan fingerprint density at radius 3 is 2.56 bits per heavy atom. The van der Waals surface area contributed by atoms with Gasteiger partial charge in [0.05, 0.1) is 0 Å². The van der Waals surface area contributed by atoms with Crippen LogP contribution in [0.15, 0.2) is 39.7 Å². The zero-order valence-electron chi connectivity index (χ0n) is 8.06. The third kappa shape index (κ3) is 2.26. The van der Waals surface area contributed by atoms with Gasteiger partial charge in [0.2, 0.25) is 0 Å². The van der Waals surface area contributed by atoms with Crippen molar-refractivity contribution in [2.24, 2.45) is 0 Å². The average Bonchev–Trinajstić information content (AvgIpc) is 2.69. The molecule has 2 rings (SSSR count). The van der Waals surface area contributed by atoms with E-state index in [1.807, 2.05) is 12.1 Å². The molecule has 0 fully saturated rings. The molecule has 5 heteroatoms. The van der Waals surface area contributed by atoms with Gasteiger partial charge in [-0.05, 0) is 0 Å². The summed E-state index contributed by atoms with van der Waals surface area (Å²) in [5, 5.41) is 0. The van der Waals surface area contributed by atoms with Crippen LogP contribution in [0.2, 0.25) is 0 Å². The predicted molar refractivity (Wildman–Crippen MR) is 65.7 cm³/mol. The number of carbonyl (C=O) groups excluding carboxylic acids is 1. The Bertz CT molecular complexity index is 514. The number of anilines is 2. The standard InChI is InChI=1S/C11H7BrFNOSe/c12-10-5-6-11(16-10)14(7-15)9-4-2-1-3-8(9)13/h1-7H. The first-order valence-electron chi connectivity index (χ1n) is 4.47. The van der Waals surface area contributed by atoms with Gasteiger partial charge < -0.3 is 0 Å². The van der Waals surface area contributed by atoms with Gasteiger partial charge >= 0.3 is 107 Å². The topological polar surface area (TPSA) is 20.3 Å². The van der Waals surface area contributed by atoms with Gasteiger partial charge in [0.1, 0.15) is 0 Å². The summed E-state index contributed by atoms with van der Waals surface area (Å²) in [4.78, 5) is 12.4. The number of halogens is 2. The normalized spacial score (nSPS) is 10.1. The van der Waals surface area contributed by atoms with E-state index in [1.165, 1.54) is 11.0 Å². The Hall–Kier alpha value is -0.901. The summed E-state index contributed by atoms with van der Waals surface area (Å²) in [5.41, 5.74) is 0.293. The van der Waals surface area contributed by atoms with Crippen molar-refractivity contribution in [2.75, 3.05) is 4.90 Å². The van der Waals surface area contributed by atoms with E-state index in [1.54, 1.807) is 18.2 Å². The van der Waals surface area contributed by atoms with Gasteiger partial charge in [-0.1, -0.05) is 0 Å². The van der Waals surface area contributed by atoms with Gasteiger partial charge in [-0.25, -0.2) is 0 Å². The Morgan fingerprint density at radius 2 is 2.00 bits per heavy atom. The second kappa shape index (κ2) is 4.95. The molecule has 1 aromatic carbocycles. The maximum atomic E-state index is 13.5. The number of para-hydroxylation sites is 1. The van der Waals surface area contributed by atoms with Crippen molar-refractivity contribution in [3.63, 3.8) is 0 Å². The van der Waals surface area contributed by atoms with E-state index >= 15 is 0 Å². The molecule has 0 bridgehead atoms. The van der Waals surface area contributed by atoms with Crippen LogP contribution in [0.4, 0.5) is 14.6 Å². The number of nitrogens with zero attached hydrogens (tertiary/aromatic N) is 1. The van der Waals surface area contributed by atoms with Crippen LogP contribution in [0.1, 0.15) is 0 Å². The van der Waals surface area contributed by atoms with Crippen molar-refractivity contribution in [1.82, 2.24) is 0 Å². The number of benzene rings is 1. The van der Waals surface area contributed by atoms with Crippen LogP contribution in [-0.4, -0.2) is 20.9 Å².